The Hall–Kier alpha value is -0.900. The first-order valence-corrected chi connectivity index (χ1v) is 14.1. The molecule has 0 aromatic rings. The van der Waals surface area contributed by atoms with Gasteiger partial charge in [0, 0.05) is 6.61 Å². The van der Waals surface area contributed by atoms with E-state index in [4.69, 9.17) is 10.2 Å². The van der Waals surface area contributed by atoms with Crippen molar-refractivity contribution < 1.29 is 15.3 Å². The lowest BCUT2D eigenvalue weighted by Gasteiger charge is -2.36. The fraction of sp³-hybridized carbons (Fsp3) is 0.812. The van der Waals surface area contributed by atoms with Crippen LogP contribution in [0, 0.1) is 22.7 Å². The van der Waals surface area contributed by atoms with Crippen LogP contribution in [0.2, 0.25) is 0 Å². The smallest absolute Gasteiger partial charge is 0.0614 e. The van der Waals surface area contributed by atoms with Crippen molar-refractivity contribution in [3.05, 3.63) is 34.9 Å². The van der Waals surface area contributed by atoms with E-state index in [1.807, 2.05) is 19.9 Å². The summed E-state index contributed by atoms with van der Waals surface area (Å²) >= 11 is 0. The molecule has 2 aliphatic rings. The Labute approximate surface area is 219 Å². The summed E-state index contributed by atoms with van der Waals surface area (Å²) in [5, 5.41) is 27.0. The predicted molar refractivity (Wildman–Crippen MR) is 156 cm³/mol. The molecule has 3 nitrogen and oxygen atoms in total. The summed E-state index contributed by atoms with van der Waals surface area (Å²) in [6, 6.07) is 0. The van der Waals surface area contributed by atoms with Crippen LogP contribution in [0.1, 0.15) is 128 Å². The minimum Gasteiger partial charge on any atom is -0.396 e. The molecule has 0 aliphatic heterocycles. The molecular formula is C32H62O3. The standard InChI is InChI=1S/C10H18O.C10H20O.C10H18O.C2H6/c1-9(2)7-4-5-10(9,3)8(11)6-7;2*1-9(2)5-4-6-10(3)7-8-11;1-2/h7-8,11H,4-6H2,1-3H3;5,10-11H,4,6-8H2,1-3H3;5,7,11H,4,6,8H2,1-3H3;1-2H3/b;;10-7+;. The molecule has 2 aliphatic carbocycles. The normalized spacial score (nSPS) is 24.6. The minimum atomic E-state index is -0.0313. The Bertz CT molecular complexity index is 621. The summed E-state index contributed by atoms with van der Waals surface area (Å²) in [5.41, 5.74) is 4.62. The monoisotopic (exact) mass is 494 g/mol. The van der Waals surface area contributed by atoms with Crippen molar-refractivity contribution in [1.82, 2.24) is 0 Å². The van der Waals surface area contributed by atoms with Crippen LogP contribution >= 0.6 is 0 Å². The van der Waals surface area contributed by atoms with E-state index in [2.05, 4.69) is 74.5 Å². The van der Waals surface area contributed by atoms with Gasteiger partial charge in [0.1, 0.15) is 0 Å². The molecule has 0 radical (unpaired) electrons. The first-order valence-electron chi connectivity index (χ1n) is 14.1. The Morgan fingerprint density at radius 2 is 1.43 bits per heavy atom. The number of rotatable bonds is 9. The van der Waals surface area contributed by atoms with Crippen LogP contribution in [0.5, 0.6) is 0 Å². The van der Waals surface area contributed by atoms with E-state index in [1.165, 1.54) is 36.0 Å². The van der Waals surface area contributed by atoms with Gasteiger partial charge >= 0.3 is 0 Å². The molecule has 3 heteroatoms. The molecule has 4 atom stereocenters. The maximum atomic E-state index is 9.81. The second-order valence-electron chi connectivity index (χ2n) is 11.7. The zero-order valence-corrected chi connectivity index (χ0v) is 25.4. The van der Waals surface area contributed by atoms with Crippen LogP contribution in [0.25, 0.3) is 0 Å². The van der Waals surface area contributed by atoms with Gasteiger partial charge in [0.25, 0.3) is 0 Å². The Kier molecular flexibility index (Phi) is 19.9. The van der Waals surface area contributed by atoms with E-state index in [1.54, 1.807) is 0 Å². The summed E-state index contributed by atoms with van der Waals surface area (Å²) in [6.45, 7) is 24.1. The number of aliphatic hydroxyl groups excluding tert-OH is 3. The van der Waals surface area contributed by atoms with Gasteiger partial charge in [-0.25, -0.2) is 0 Å². The highest BCUT2D eigenvalue weighted by Crippen LogP contribution is 2.65. The van der Waals surface area contributed by atoms with Crippen molar-refractivity contribution >= 4 is 0 Å². The molecule has 0 aromatic carbocycles. The molecule has 208 valence electrons. The Morgan fingerprint density at radius 3 is 1.77 bits per heavy atom. The molecular weight excluding hydrogens is 432 g/mol. The summed E-state index contributed by atoms with van der Waals surface area (Å²) < 4.78 is 0. The molecule has 3 N–H and O–H groups in total. The van der Waals surface area contributed by atoms with Crippen LogP contribution in [0.4, 0.5) is 0 Å². The molecule has 0 aromatic heterocycles. The first-order chi connectivity index (χ1) is 16.3. The number of allylic oxidation sites excluding steroid dienone is 5. The van der Waals surface area contributed by atoms with Gasteiger partial charge in [-0.3, -0.25) is 0 Å². The molecule has 4 unspecified atom stereocenters. The van der Waals surface area contributed by atoms with Gasteiger partial charge in [-0.05, 0) is 109 Å². The highest BCUT2D eigenvalue weighted by atomic mass is 16.3. The van der Waals surface area contributed by atoms with Gasteiger partial charge in [-0.15, -0.1) is 0 Å². The highest BCUT2D eigenvalue weighted by Gasteiger charge is 2.60. The van der Waals surface area contributed by atoms with Crippen LogP contribution in [0.3, 0.4) is 0 Å². The number of hydrogen-bond acceptors (Lipinski definition) is 3. The lowest BCUT2D eigenvalue weighted by molar-refractivity contribution is 0.0126. The van der Waals surface area contributed by atoms with Gasteiger partial charge in [0.2, 0.25) is 0 Å². The zero-order chi connectivity index (χ0) is 27.7. The average Bonchev–Trinajstić information content (AvgIpc) is 3.09. The number of aliphatic hydroxyl groups is 3. The zero-order valence-electron chi connectivity index (χ0n) is 25.4. The summed E-state index contributed by atoms with van der Waals surface area (Å²) in [6.07, 6.45) is 15.4. The van der Waals surface area contributed by atoms with E-state index in [0.29, 0.717) is 17.9 Å². The quantitative estimate of drug-likeness (QED) is 0.281. The lowest BCUT2D eigenvalue weighted by Crippen LogP contribution is -2.35. The van der Waals surface area contributed by atoms with Crippen molar-refractivity contribution in [2.45, 2.75) is 134 Å². The highest BCUT2D eigenvalue weighted by molar-refractivity contribution is 5.10. The van der Waals surface area contributed by atoms with Gasteiger partial charge in [-0.1, -0.05) is 76.5 Å². The van der Waals surface area contributed by atoms with Crippen molar-refractivity contribution in [3.63, 3.8) is 0 Å². The first kappa shape index (κ1) is 36.3. The predicted octanol–water partition coefficient (Wildman–Crippen LogP) is 8.64. The SMILES string of the molecule is CC.CC(C)=CCC/C(C)=C/CO.CC(C)=CCCC(C)CCO.CC1(C)C2CCC1(C)C(O)C2. The van der Waals surface area contributed by atoms with Crippen molar-refractivity contribution in [2.24, 2.45) is 22.7 Å². The van der Waals surface area contributed by atoms with Crippen molar-refractivity contribution in [3.8, 4) is 0 Å². The molecule has 2 saturated carbocycles. The van der Waals surface area contributed by atoms with E-state index in [9.17, 15) is 5.11 Å². The molecule has 0 spiro atoms. The molecule has 35 heavy (non-hydrogen) atoms. The fourth-order valence-corrected chi connectivity index (χ4v) is 5.03. The molecule has 0 amide bonds. The molecule has 2 bridgehead atoms. The van der Waals surface area contributed by atoms with E-state index in [-0.39, 0.29) is 18.1 Å². The van der Waals surface area contributed by atoms with Crippen LogP contribution in [-0.2, 0) is 0 Å². The third-order valence-corrected chi connectivity index (χ3v) is 8.11. The van der Waals surface area contributed by atoms with Crippen LogP contribution in [-0.4, -0.2) is 34.6 Å². The van der Waals surface area contributed by atoms with E-state index >= 15 is 0 Å². The number of fused-ring (bicyclic) bond motifs is 2. The molecule has 2 fully saturated rings. The van der Waals surface area contributed by atoms with Crippen molar-refractivity contribution in [2.75, 3.05) is 13.2 Å². The maximum absolute atomic E-state index is 9.81. The molecule has 0 heterocycles. The fourth-order valence-electron chi connectivity index (χ4n) is 5.03. The summed E-state index contributed by atoms with van der Waals surface area (Å²) in [7, 11) is 0. The summed E-state index contributed by atoms with van der Waals surface area (Å²) in [5.74, 6) is 1.44. The second-order valence-corrected chi connectivity index (χ2v) is 11.7. The van der Waals surface area contributed by atoms with E-state index in [0.717, 1.165) is 38.0 Å². The van der Waals surface area contributed by atoms with Gasteiger partial charge < -0.3 is 15.3 Å². The van der Waals surface area contributed by atoms with Crippen molar-refractivity contribution in [1.29, 1.82) is 0 Å². The molecule has 2 rings (SSSR count). The topological polar surface area (TPSA) is 60.7 Å². The van der Waals surface area contributed by atoms with E-state index < -0.39 is 0 Å². The largest absolute Gasteiger partial charge is 0.396 e. The van der Waals surface area contributed by atoms with Crippen LogP contribution in [0.15, 0.2) is 34.9 Å². The Balaban J connectivity index is 0. The third kappa shape index (κ3) is 13.8. The average molecular weight is 495 g/mol. The second kappa shape index (κ2) is 19.2. The minimum absolute atomic E-state index is 0.0313. The Morgan fingerprint density at radius 1 is 0.886 bits per heavy atom. The van der Waals surface area contributed by atoms with Gasteiger partial charge in [0.15, 0.2) is 0 Å². The summed E-state index contributed by atoms with van der Waals surface area (Å²) in [4.78, 5) is 0. The number of hydrogen-bond donors (Lipinski definition) is 3. The molecule has 0 saturated heterocycles. The lowest BCUT2D eigenvalue weighted by atomic mass is 9.70. The third-order valence-electron chi connectivity index (χ3n) is 8.11. The van der Waals surface area contributed by atoms with Crippen LogP contribution < -0.4 is 0 Å². The van der Waals surface area contributed by atoms with Gasteiger partial charge in [0.05, 0.1) is 12.7 Å². The van der Waals surface area contributed by atoms with Gasteiger partial charge in [-0.2, -0.15) is 0 Å². The maximum Gasteiger partial charge on any atom is 0.0614 e.